The molecule has 1 aromatic carbocycles. The Labute approximate surface area is 221 Å². The lowest BCUT2D eigenvalue weighted by Crippen LogP contribution is -2.33. The number of aliphatic carboxylic acids is 1. The molecule has 0 aliphatic carbocycles. The Hall–Kier alpha value is -1.66. The van der Waals surface area contributed by atoms with Crippen LogP contribution in [-0.2, 0) is 9.59 Å². The topological polar surface area (TPSA) is 57.6 Å². The van der Waals surface area contributed by atoms with Crippen LogP contribution in [0.4, 0.5) is 0 Å². The molecule has 4 nitrogen and oxygen atoms in total. The molecule has 6 heteroatoms. The van der Waals surface area contributed by atoms with Crippen LogP contribution in [0.3, 0.4) is 0 Å². The fourth-order valence-corrected chi connectivity index (χ4v) is 5.93. The molecule has 1 aliphatic rings. The number of unbranched alkanes of at least 4 members (excludes halogenated alkanes) is 14. The molecule has 2 rings (SSSR count). The predicted octanol–water partition coefficient (Wildman–Crippen LogP) is 8.60. The van der Waals surface area contributed by atoms with Crippen molar-refractivity contribution in [1.82, 2.24) is 4.90 Å². The molecular weight excluding hydrogens is 474 g/mol. The van der Waals surface area contributed by atoms with Crippen molar-refractivity contribution in [2.24, 2.45) is 0 Å². The van der Waals surface area contributed by atoms with Crippen molar-refractivity contribution in [3.63, 3.8) is 0 Å². The van der Waals surface area contributed by atoms with Crippen molar-refractivity contribution in [3.05, 3.63) is 40.8 Å². The molecule has 0 aromatic heterocycles. The summed E-state index contributed by atoms with van der Waals surface area (Å²) in [5.41, 5.74) is 2.01. The zero-order chi connectivity index (χ0) is 25.3. The highest BCUT2D eigenvalue weighted by atomic mass is 32.2. The lowest BCUT2D eigenvalue weighted by molar-refractivity contribution is -0.140. The quantitative estimate of drug-likeness (QED) is 0.113. The first-order chi connectivity index (χ1) is 17.0. The number of hydrogen-bond acceptors (Lipinski definition) is 4. The minimum Gasteiger partial charge on any atom is -0.480 e. The maximum Gasteiger partial charge on any atom is 0.323 e. The molecule has 0 saturated carbocycles. The van der Waals surface area contributed by atoms with Crippen LogP contribution in [0.15, 0.2) is 35.2 Å². The van der Waals surface area contributed by atoms with Gasteiger partial charge in [0.25, 0.3) is 5.91 Å². The van der Waals surface area contributed by atoms with Crippen LogP contribution in [-0.4, -0.2) is 32.7 Å². The number of thiocarbonyl (C=S) groups is 1. The molecular formula is C29H43NO3S2. The highest BCUT2D eigenvalue weighted by Crippen LogP contribution is 2.39. The normalized spacial score (nSPS) is 15.2. The van der Waals surface area contributed by atoms with Gasteiger partial charge in [0.1, 0.15) is 10.9 Å². The lowest BCUT2D eigenvalue weighted by atomic mass is 9.98. The molecule has 1 N–H and O–H groups in total. The van der Waals surface area contributed by atoms with Crippen LogP contribution in [0.1, 0.15) is 115 Å². The second-order valence-corrected chi connectivity index (χ2v) is 11.2. The summed E-state index contributed by atoms with van der Waals surface area (Å²) >= 11 is 6.54. The Balaban J connectivity index is 1.69. The number of allylic oxidation sites excluding steroid dienone is 1. The van der Waals surface area contributed by atoms with Gasteiger partial charge in [-0.2, -0.15) is 0 Å². The van der Waals surface area contributed by atoms with Crippen molar-refractivity contribution >= 4 is 45.7 Å². The summed E-state index contributed by atoms with van der Waals surface area (Å²) in [7, 11) is 0. The van der Waals surface area contributed by atoms with Gasteiger partial charge >= 0.3 is 5.97 Å². The van der Waals surface area contributed by atoms with Gasteiger partial charge in [0.2, 0.25) is 0 Å². The van der Waals surface area contributed by atoms with Crippen LogP contribution >= 0.6 is 24.0 Å². The Morgan fingerprint density at radius 1 is 0.829 bits per heavy atom. The van der Waals surface area contributed by atoms with Gasteiger partial charge in [-0.05, 0) is 24.0 Å². The number of carbonyl (C=O) groups is 2. The Kier molecular flexibility index (Phi) is 15.0. The van der Waals surface area contributed by atoms with Crippen LogP contribution in [0, 0.1) is 0 Å². The van der Waals surface area contributed by atoms with Crippen LogP contribution < -0.4 is 0 Å². The first-order valence-corrected chi connectivity index (χ1v) is 14.8. The van der Waals surface area contributed by atoms with Gasteiger partial charge in [-0.25, -0.2) is 0 Å². The van der Waals surface area contributed by atoms with Gasteiger partial charge < -0.3 is 5.11 Å². The van der Waals surface area contributed by atoms with E-state index in [-0.39, 0.29) is 12.5 Å². The van der Waals surface area contributed by atoms with Gasteiger partial charge in [0.15, 0.2) is 0 Å². The molecule has 1 fully saturated rings. The summed E-state index contributed by atoms with van der Waals surface area (Å²) in [5.74, 6) is -1.33. The molecule has 1 aliphatic heterocycles. The van der Waals surface area contributed by atoms with Crippen LogP contribution in [0.25, 0.3) is 5.57 Å². The molecule has 0 radical (unpaired) electrons. The van der Waals surface area contributed by atoms with E-state index in [0.29, 0.717) is 9.23 Å². The highest BCUT2D eigenvalue weighted by molar-refractivity contribution is 8.26. The number of amides is 1. The first kappa shape index (κ1) is 29.6. The highest BCUT2D eigenvalue weighted by Gasteiger charge is 2.35. The summed E-state index contributed by atoms with van der Waals surface area (Å²) < 4.78 is 0.331. The minimum absolute atomic E-state index is 0.276. The van der Waals surface area contributed by atoms with Crippen molar-refractivity contribution < 1.29 is 14.7 Å². The monoisotopic (exact) mass is 517 g/mol. The summed E-state index contributed by atoms with van der Waals surface area (Å²) in [6.07, 6.45) is 20.6. The Morgan fingerprint density at radius 3 is 1.80 bits per heavy atom. The van der Waals surface area contributed by atoms with Crippen LogP contribution in [0.5, 0.6) is 0 Å². The standard InChI is InChI=1S/C29H43NO3S2/c1-2-3-4-5-6-7-8-9-10-11-12-13-14-15-19-22-25(24-20-17-16-18-21-24)27-28(33)30(23-26(31)32)29(34)35-27/h16-18,20-21H,2-15,19,22-23H2,1H3,(H,31,32)/b27-25-. The van der Waals surface area contributed by atoms with E-state index in [0.717, 1.165) is 30.4 Å². The average Bonchev–Trinajstić information content (AvgIpc) is 3.12. The average molecular weight is 518 g/mol. The zero-order valence-corrected chi connectivity index (χ0v) is 23.1. The molecule has 1 aromatic rings. The summed E-state index contributed by atoms with van der Waals surface area (Å²) in [6.45, 7) is 1.89. The third-order valence-corrected chi connectivity index (χ3v) is 8.06. The third-order valence-electron chi connectivity index (χ3n) is 6.57. The Bertz CT molecular complexity index is 822. The van der Waals surface area contributed by atoms with E-state index < -0.39 is 5.97 Å². The van der Waals surface area contributed by atoms with Crippen LogP contribution in [0.2, 0.25) is 0 Å². The molecule has 1 heterocycles. The zero-order valence-electron chi connectivity index (χ0n) is 21.4. The smallest absolute Gasteiger partial charge is 0.323 e. The van der Waals surface area contributed by atoms with E-state index in [1.165, 1.54) is 100 Å². The van der Waals surface area contributed by atoms with E-state index >= 15 is 0 Å². The number of thioether (sulfide) groups is 1. The number of carboxylic acid groups (broad SMARTS) is 1. The Morgan fingerprint density at radius 2 is 1.31 bits per heavy atom. The summed E-state index contributed by atoms with van der Waals surface area (Å²) in [4.78, 5) is 25.9. The molecule has 35 heavy (non-hydrogen) atoms. The lowest BCUT2D eigenvalue weighted by Gasteiger charge is -2.12. The fourth-order valence-electron chi connectivity index (χ4n) is 4.56. The summed E-state index contributed by atoms with van der Waals surface area (Å²) in [6, 6.07) is 9.94. The first-order valence-electron chi connectivity index (χ1n) is 13.6. The van der Waals surface area contributed by atoms with Crippen molar-refractivity contribution in [2.45, 2.75) is 110 Å². The minimum atomic E-state index is -1.05. The molecule has 0 spiro atoms. The second kappa shape index (κ2) is 17.7. The van der Waals surface area contributed by atoms with E-state index in [9.17, 15) is 9.59 Å². The van der Waals surface area contributed by atoms with E-state index in [1.807, 2.05) is 30.3 Å². The predicted molar refractivity (Wildman–Crippen MR) is 152 cm³/mol. The van der Waals surface area contributed by atoms with Gasteiger partial charge in [-0.3, -0.25) is 14.5 Å². The number of carbonyl (C=O) groups excluding carboxylic acids is 1. The third kappa shape index (κ3) is 11.3. The van der Waals surface area contributed by atoms with Gasteiger partial charge in [-0.15, -0.1) is 0 Å². The summed E-state index contributed by atoms with van der Waals surface area (Å²) in [5, 5.41) is 9.12. The van der Waals surface area contributed by atoms with Crippen molar-refractivity contribution in [2.75, 3.05) is 6.54 Å². The van der Waals surface area contributed by atoms with E-state index in [4.69, 9.17) is 17.3 Å². The maximum absolute atomic E-state index is 12.9. The van der Waals surface area contributed by atoms with Gasteiger partial charge in [0.05, 0.1) is 4.91 Å². The van der Waals surface area contributed by atoms with Crippen molar-refractivity contribution in [1.29, 1.82) is 0 Å². The molecule has 1 saturated heterocycles. The molecule has 0 bridgehead atoms. The number of rotatable bonds is 19. The number of hydrogen-bond donors (Lipinski definition) is 1. The number of benzene rings is 1. The molecule has 1 amide bonds. The van der Waals surface area contributed by atoms with Crippen molar-refractivity contribution in [3.8, 4) is 0 Å². The maximum atomic E-state index is 12.9. The molecule has 0 atom stereocenters. The number of nitrogens with zero attached hydrogens (tertiary/aromatic N) is 1. The molecule has 194 valence electrons. The largest absolute Gasteiger partial charge is 0.480 e. The van der Waals surface area contributed by atoms with Gasteiger partial charge in [0, 0.05) is 0 Å². The fraction of sp³-hybridized carbons (Fsp3) is 0.621. The molecule has 0 unspecified atom stereocenters. The second-order valence-electron chi connectivity index (χ2n) is 9.53. The van der Waals surface area contributed by atoms with E-state index in [2.05, 4.69) is 6.92 Å². The SMILES string of the molecule is CCCCCCCCCCCCCCCCC/C(=C1/SC(=S)N(CC(=O)O)C1=O)c1ccccc1. The number of carboxylic acids is 1. The van der Waals surface area contributed by atoms with Gasteiger partial charge in [-0.1, -0.05) is 151 Å². The van der Waals surface area contributed by atoms with E-state index in [1.54, 1.807) is 0 Å².